The van der Waals surface area contributed by atoms with Crippen LogP contribution in [0, 0.1) is 10.1 Å². The van der Waals surface area contributed by atoms with Crippen LogP contribution in [0.15, 0.2) is 35.8 Å². The molecule has 0 radical (unpaired) electrons. The highest BCUT2D eigenvalue weighted by Crippen LogP contribution is 2.19. The first-order chi connectivity index (χ1) is 9.20. The van der Waals surface area contributed by atoms with Crippen molar-refractivity contribution in [3.8, 4) is 0 Å². The van der Waals surface area contributed by atoms with Gasteiger partial charge in [0.1, 0.15) is 5.01 Å². The molecule has 1 N–H and O–H groups in total. The Bertz CT molecular complexity index is 525. The Morgan fingerprint density at radius 1 is 1.42 bits per heavy atom. The highest BCUT2D eigenvalue weighted by atomic mass is 32.1. The molecular weight excluding hydrogens is 262 g/mol. The highest BCUT2D eigenvalue weighted by Gasteiger charge is 2.11. The summed E-state index contributed by atoms with van der Waals surface area (Å²) in [5.74, 6) is 0. The van der Waals surface area contributed by atoms with Gasteiger partial charge in [0.15, 0.2) is 0 Å². The first-order valence-corrected chi connectivity index (χ1v) is 6.94. The standard InChI is InChI=1S/C13H15N3O2S/c1-2-12(13-14-7-8-19-13)15-9-10-3-5-11(6-4-10)16(17)18/h3-8,12,15H,2,9H2,1H3. The Labute approximate surface area is 115 Å². The lowest BCUT2D eigenvalue weighted by Crippen LogP contribution is -2.20. The van der Waals surface area contributed by atoms with E-state index in [1.54, 1.807) is 29.7 Å². The van der Waals surface area contributed by atoms with Gasteiger partial charge in [-0.1, -0.05) is 19.1 Å². The predicted octanol–water partition coefficient (Wildman–Crippen LogP) is 3.29. The summed E-state index contributed by atoms with van der Waals surface area (Å²) in [5.41, 5.74) is 1.15. The van der Waals surface area contributed by atoms with E-state index in [1.165, 1.54) is 12.1 Å². The quantitative estimate of drug-likeness (QED) is 0.650. The zero-order valence-corrected chi connectivity index (χ0v) is 11.4. The van der Waals surface area contributed by atoms with E-state index < -0.39 is 0 Å². The van der Waals surface area contributed by atoms with Crippen molar-refractivity contribution in [2.75, 3.05) is 0 Å². The van der Waals surface area contributed by atoms with Gasteiger partial charge in [-0.15, -0.1) is 11.3 Å². The van der Waals surface area contributed by atoms with Gasteiger partial charge in [-0.2, -0.15) is 0 Å². The molecule has 1 heterocycles. The number of nitrogens with zero attached hydrogens (tertiary/aromatic N) is 2. The molecule has 0 aliphatic rings. The van der Waals surface area contributed by atoms with Gasteiger partial charge in [-0.3, -0.25) is 10.1 Å². The molecule has 0 aliphatic heterocycles. The van der Waals surface area contributed by atoms with Gasteiger partial charge in [-0.05, 0) is 12.0 Å². The first kappa shape index (κ1) is 13.6. The molecule has 19 heavy (non-hydrogen) atoms. The number of hydrogen-bond acceptors (Lipinski definition) is 5. The minimum absolute atomic E-state index is 0.121. The monoisotopic (exact) mass is 277 g/mol. The van der Waals surface area contributed by atoms with Gasteiger partial charge in [0, 0.05) is 30.3 Å². The molecule has 2 aromatic rings. The lowest BCUT2D eigenvalue weighted by Gasteiger charge is -2.14. The third-order valence-electron chi connectivity index (χ3n) is 2.86. The van der Waals surface area contributed by atoms with Gasteiger partial charge in [0.2, 0.25) is 0 Å². The number of non-ortho nitro benzene ring substituents is 1. The van der Waals surface area contributed by atoms with Gasteiger partial charge < -0.3 is 5.32 Å². The molecule has 0 spiro atoms. The van der Waals surface area contributed by atoms with Crippen molar-refractivity contribution in [3.05, 3.63) is 56.5 Å². The predicted molar refractivity (Wildman–Crippen MR) is 75.1 cm³/mol. The van der Waals surface area contributed by atoms with Crippen LogP contribution in [0.3, 0.4) is 0 Å². The largest absolute Gasteiger partial charge is 0.304 e. The van der Waals surface area contributed by atoms with Crippen LogP contribution in [-0.2, 0) is 6.54 Å². The summed E-state index contributed by atoms with van der Waals surface area (Å²) in [6, 6.07) is 6.84. The van der Waals surface area contributed by atoms with E-state index in [0.717, 1.165) is 17.0 Å². The number of rotatable bonds is 6. The summed E-state index contributed by atoms with van der Waals surface area (Å²) in [4.78, 5) is 14.5. The molecule has 100 valence electrons. The lowest BCUT2D eigenvalue weighted by molar-refractivity contribution is -0.384. The summed E-state index contributed by atoms with van der Waals surface area (Å²) in [5, 5.41) is 17.0. The maximum absolute atomic E-state index is 10.6. The molecule has 1 atom stereocenters. The molecule has 5 nitrogen and oxygen atoms in total. The lowest BCUT2D eigenvalue weighted by atomic mass is 10.2. The van der Waals surface area contributed by atoms with Crippen molar-refractivity contribution in [2.45, 2.75) is 25.9 Å². The van der Waals surface area contributed by atoms with Gasteiger partial charge in [0.05, 0.1) is 11.0 Å². The van der Waals surface area contributed by atoms with Crippen molar-refractivity contribution in [3.63, 3.8) is 0 Å². The topological polar surface area (TPSA) is 68.1 Å². The Balaban J connectivity index is 1.96. The molecule has 1 aromatic carbocycles. The van der Waals surface area contributed by atoms with Gasteiger partial charge in [-0.25, -0.2) is 4.98 Å². The minimum Gasteiger partial charge on any atom is -0.304 e. The smallest absolute Gasteiger partial charge is 0.269 e. The molecule has 0 amide bonds. The van der Waals surface area contributed by atoms with E-state index in [9.17, 15) is 10.1 Å². The average Bonchev–Trinajstić information content (AvgIpc) is 2.94. The van der Waals surface area contributed by atoms with Crippen molar-refractivity contribution in [1.82, 2.24) is 10.3 Å². The number of hydrogen-bond donors (Lipinski definition) is 1. The molecule has 1 aromatic heterocycles. The maximum Gasteiger partial charge on any atom is 0.269 e. The van der Waals surface area contributed by atoms with Gasteiger partial charge in [0.25, 0.3) is 5.69 Å². The van der Waals surface area contributed by atoms with Crippen LogP contribution in [-0.4, -0.2) is 9.91 Å². The SMILES string of the molecule is CCC(NCc1ccc([N+](=O)[O-])cc1)c1nccs1. The third kappa shape index (κ3) is 3.59. The summed E-state index contributed by atoms with van der Waals surface area (Å²) >= 11 is 1.63. The van der Waals surface area contributed by atoms with Gasteiger partial charge >= 0.3 is 0 Å². The Morgan fingerprint density at radius 2 is 2.16 bits per heavy atom. The molecule has 0 saturated heterocycles. The second-order valence-electron chi connectivity index (χ2n) is 4.14. The Morgan fingerprint density at radius 3 is 2.68 bits per heavy atom. The number of benzene rings is 1. The molecule has 1 unspecified atom stereocenters. The normalized spacial score (nSPS) is 12.3. The molecule has 0 saturated carbocycles. The second kappa shape index (κ2) is 6.40. The minimum atomic E-state index is -0.387. The van der Waals surface area contributed by atoms with E-state index in [-0.39, 0.29) is 16.7 Å². The zero-order valence-electron chi connectivity index (χ0n) is 10.6. The highest BCUT2D eigenvalue weighted by molar-refractivity contribution is 7.09. The molecule has 0 bridgehead atoms. The summed E-state index contributed by atoms with van der Waals surface area (Å²) in [7, 11) is 0. The van der Waals surface area contributed by atoms with Crippen molar-refractivity contribution >= 4 is 17.0 Å². The fourth-order valence-electron chi connectivity index (χ4n) is 1.79. The molecule has 2 rings (SSSR count). The van der Waals surface area contributed by atoms with Crippen molar-refractivity contribution in [2.24, 2.45) is 0 Å². The van der Waals surface area contributed by atoms with E-state index in [2.05, 4.69) is 17.2 Å². The van der Waals surface area contributed by atoms with E-state index >= 15 is 0 Å². The fraction of sp³-hybridized carbons (Fsp3) is 0.308. The number of nitro benzene ring substituents is 1. The second-order valence-corrected chi connectivity index (χ2v) is 5.06. The van der Waals surface area contributed by atoms with Crippen LogP contribution in [0.4, 0.5) is 5.69 Å². The van der Waals surface area contributed by atoms with Crippen molar-refractivity contribution < 1.29 is 4.92 Å². The Hall–Kier alpha value is -1.79. The average molecular weight is 277 g/mol. The Kier molecular flexibility index (Phi) is 4.59. The van der Waals surface area contributed by atoms with Crippen LogP contribution in [0.2, 0.25) is 0 Å². The first-order valence-electron chi connectivity index (χ1n) is 6.06. The van der Waals surface area contributed by atoms with Crippen molar-refractivity contribution in [1.29, 1.82) is 0 Å². The summed E-state index contributed by atoms with van der Waals surface area (Å²) in [6.07, 6.45) is 2.76. The van der Waals surface area contributed by atoms with Crippen LogP contribution in [0.1, 0.15) is 30.0 Å². The van der Waals surface area contributed by atoms with E-state index in [0.29, 0.717) is 6.54 Å². The van der Waals surface area contributed by atoms with Crippen LogP contribution in [0.25, 0.3) is 0 Å². The maximum atomic E-state index is 10.6. The van der Waals surface area contributed by atoms with E-state index in [1.807, 2.05) is 5.38 Å². The van der Waals surface area contributed by atoms with Crippen LogP contribution < -0.4 is 5.32 Å². The zero-order chi connectivity index (χ0) is 13.7. The molecule has 0 aliphatic carbocycles. The number of thiazole rings is 1. The number of nitrogens with one attached hydrogen (secondary N) is 1. The third-order valence-corrected chi connectivity index (χ3v) is 3.75. The number of aromatic nitrogens is 1. The van der Waals surface area contributed by atoms with Crippen LogP contribution in [0.5, 0.6) is 0 Å². The molecule has 6 heteroatoms. The fourth-order valence-corrected chi connectivity index (χ4v) is 2.59. The number of nitro groups is 1. The molecular formula is C13H15N3O2S. The molecule has 0 fully saturated rings. The van der Waals surface area contributed by atoms with E-state index in [4.69, 9.17) is 0 Å². The summed E-state index contributed by atoms with van der Waals surface area (Å²) in [6.45, 7) is 2.78. The van der Waals surface area contributed by atoms with Crippen LogP contribution >= 0.6 is 11.3 Å². The summed E-state index contributed by atoms with van der Waals surface area (Å²) < 4.78 is 0.